The molecule has 0 bridgehead atoms. The van der Waals surface area contributed by atoms with E-state index in [1.165, 1.54) is 33.2 Å². The fourth-order valence-electron chi connectivity index (χ4n) is 2.81. The first-order valence-electron chi connectivity index (χ1n) is 7.91. The van der Waals surface area contributed by atoms with Gasteiger partial charge in [-0.05, 0) is 31.4 Å². The van der Waals surface area contributed by atoms with Crippen molar-refractivity contribution in [1.82, 2.24) is 14.2 Å². The molecule has 2 aliphatic heterocycles. The molecule has 7 nitrogen and oxygen atoms in total. The van der Waals surface area contributed by atoms with Crippen molar-refractivity contribution in [3.05, 3.63) is 18.3 Å². The number of pyridine rings is 1. The summed E-state index contributed by atoms with van der Waals surface area (Å²) < 4.78 is 26.3. The van der Waals surface area contributed by atoms with Crippen LogP contribution in [0.4, 0.5) is 0 Å². The zero-order valence-electron chi connectivity index (χ0n) is 13.2. The van der Waals surface area contributed by atoms with E-state index in [4.69, 9.17) is 0 Å². The molecule has 9 heteroatoms. The second-order valence-electron chi connectivity index (χ2n) is 5.77. The highest BCUT2D eigenvalue weighted by Gasteiger charge is 2.28. The van der Waals surface area contributed by atoms with Gasteiger partial charge in [0.1, 0.15) is 4.90 Å². The second-order valence-corrected chi connectivity index (χ2v) is 8.71. The van der Waals surface area contributed by atoms with E-state index >= 15 is 0 Å². The first-order valence-corrected chi connectivity index (χ1v) is 10.3. The van der Waals surface area contributed by atoms with Gasteiger partial charge in [-0.1, -0.05) is 11.8 Å². The van der Waals surface area contributed by atoms with Crippen molar-refractivity contribution in [1.29, 1.82) is 0 Å². The monoisotopic (exact) mass is 369 g/mol. The summed E-state index contributed by atoms with van der Waals surface area (Å²) in [6.07, 6.45) is 4.26. The maximum Gasteiger partial charge on any atom is 0.244 e. The zero-order valence-corrected chi connectivity index (χ0v) is 14.8. The van der Waals surface area contributed by atoms with E-state index < -0.39 is 10.0 Å². The van der Waals surface area contributed by atoms with Gasteiger partial charge in [0.25, 0.3) is 0 Å². The van der Waals surface area contributed by atoms with Crippen molar-refractivity contribution in [2.75, 3.05) is 25.4 Å². The van der Waals surface area contributed by atoms with Gasteiger partial charge in [0, 0.05) is 32.3 Å². The molecule has 1 aromatic heterocycles. The summed E-state index contributed by atoms with van der Waals surface area (Å²) in [5.41, 5.74) is 0. The third-order valence-electron chi connectivity index (χ3n) is 4.13. The minimum atomic E-state index is -3.47. The molecule has 2 fully saturated rings. The highest BCUT2D eigenvalue weighted by atomic mass is 32.2. The summed E-state index contributed by atoms with van der Waals surface area (Å²) in [5, 5.41) is 0.565. The number of carbonyl (C=O) groups is 2. The maximum absolute atomic E-state index is 12.4. The Bertz CT molecular complexity index is 728. The molecule has 3 heterocycles. The predicted molar refractivity (Wildman–Crippen MR) is 88.9 cm³/mol. The molecule has 0 atom stereocenters. The molecule has 0 radical (unpaired) electrons. The highest BCUT2D eigenvalue weighted by Crippen LogP contribution is 2.23. The first-order chi connectivity index (χ1) is 11.5. The Hall–Kier alpha value is -1.45. The third kappa shape index (κ3) is 3.62. The van der Waals surface area contributed by atoms with E-state index in [0.717, 1.165) is 19.3 Å². The number of thioether (sulfide) groups is 1. The Kier molecular flexibility index (Phi) is 5.21. The number of amides is 2. The highest BCUT2D eigenvalue weighted by molar-refractivity contribution is 7.99. The zero-order chi connectivity index (χ0) is 17.2. The normalized spacial score (nSPS) is 19.2. The number of likely N-dealkylation sites (tertiary alicyclic amines) is 1. The summed E-state index contributed by atoms with van der Waals surface area (Å²) in [6, 6.07) is 3.13. The van der Waals surface area contributed by atoms with E-state index in [1.54, 1.807) is 6.07 Å². The van der Waals surface area contributed by atoms with Gasteiger partial charge in [-0.15, -0.1) is 0 Å². The first kappa shape index (κ1) is 17.4. The van der Waals surface area contributed by atoms with Gasteiger partial charge in [0.05, 0.1) is 10.8 Å². The Morgan fingerprint density at radius 3 is 2.50 bits per heavy atom. The van der Waals surface area contributed by atoms with Crippen molar-refractivity contribution in [2.24, 2.45) is 0 Å². The molecule has 0 aliphatic carbocycles. The molecule has 2 aliphatic rings. The van der Waals surface area contributed by atoms with Crippen molar-refractivity contribution < 1.29 is 18.0 Å². The molecule has 130 valence electrons. The molecule has 0 aromatic carbocycles. The number of rotatable bonds is 5. The molecule has 0 N–H and O–H groups in total. The standard InChI is InChI=1S/C15H19N3O4S2/c19-14-4-3-9-18(14)15(20)11-23-13-6-5-12(10-16-13)24(21,22)17-7-1-2-8-17/h5-6,10H,1-4,7-9,11H2. The van der Waals surface area contributed by atoms with E-state index in [0.29, 0.717) is 31.1 Å². The van der Waals surface area contributed by atoms with Gasteiger partial charge in [-0.2, -0.15) is 4.31 Å². The van der Waals surface area contributed by atoms with Crippen LogP contribution in [0.3, 0.4) is 0 Å². The van der Waals surface area contributed by atoms with E-state index in [-0.39, 0.29) is 22.5 Å². The molecule has 2 amide bonds. The summed E-state index contributed by atoms with van der Waals surface area (Å²) in [7, 11) is -3.47. The lowest BCUT2D eigenvalue weighted by Gasteiger charge is -2.15. The smallest absolute Gasteiger partial charge is 0.244 e. The molecular weight excluding hydrogens is 350 g/mol. The molecule has 2 saturated heterocycles. The SMILES string of the molecule is O=C1CCCN1C(=O)CSc1ccc(S(=O)(=O)N2CCCC2)cn1. The number of carbonyl (C=O) groups excluding carboxylic acids is 2. The average molecular weight is 369 g/mol. The summed E-state index contributed by atoms with van der Waals surface area (Å²) in [6.45, 7) is 1.59. The fraction of sp³-hybridized carbons (Fsp3) is 0.533. The van der Waals surface area contributed by atoms with Crippen LogP contribution in [-0.2, 0) is 19.6 Å². The van der Waals surface area contributed by atoms with Crippen LogP contribution < -0.4 is 0 Å². The Morgan fingerprint density at radius 2 is 1.92 bits per heavy atom. The topological polar surface area (TPSA) is 87.7 Å². The number of imide groups is 1. The number of aromatic nitrogens is 1. The summed E-state index contributed by atoms with van der Waals surface area (Å²) in [5.74, 6) is -0.226. The minimum Gasteiger partial charge on any atom is -0.282 e. The minimum absolute atomic E-state index is 0.122. The van der Waals surface area contributed by atoms with E-state index in [1.807, 2.05) is 0 Å². The lowest BCUT2D eigenvalue weighted by atomic mass is 10.4. The Morgan fingerprint density at radius 1 is 1.17 bits per heavy atom. The van der Waals surface area contributed by atoms with E-state index in [2.05, 4.69) is 4.98 Å². The molecule has 0 unspecified atom stereocenters. The Labute approximate surface area is 145 Å². The van der Waals surface area contributed by atoms with Gasteiger partial charge in [-0.3, -0.25) is 14.5 Å². The van der Waals surface area contributed by atoms with Crippen LogP contribution in [0.1, 0.15) is 25.7 Å². The molecular formula is C15H19N3O4S2. The molecule has 3 rings (SSSR count). The maximum atomic E-state index is 12.4. The summed E-state index contributed by atoms with van der Waals surface area (Å²) >= 11 is 1.21. The van der Waals surface area contributed by atoms with Crippen LogP contribution in [-0.4, -0.2) is 59.8 Å². The molecule has 0 saturated carbocycles. The fourth-order valence-corrected chi connectivity index (χ4v) is 4.99. The van der Waals surface area contributed by atoms with E-state index in [9.17, 15) is 18.0 Å². The quantitative estimate of drug-likeness (QED) is 0.723. The van der Waals surface area contributed by atoms with Crippen LogP contribution in [0, 0.1) is 0 Å². The average Bonchev–Trinajstić information content (AvgIpc) is 3.24. The van der Waals surface area contributed by atoms with Crippen LogP contribution in [0.5, 0.6) is 0 Å². The lowest BCUT2D eigenvalue weighted by molar-refractivity contribution is -0.140. The largest absolute Gasteiger partial charge is 0.282 e. The second kappa shape index (κ2) is 7.20. The lowest BCUT2D eigenvalue weighted by Crippen LogP contribution is -2.33. The predicted octanol–water partition coefficient (Wildman–Crippen LogP) is 1.11. The third-order valence-corrected chi connectivity index (χ3v) is 6.94. The van der Waals surface area contributed by atoms with Crippen molar-refractivity contribution in [3.63, 3.8) is 0 Å². The van der Waals surface area contributed by atoms with Crippen molar-refractivity contribution in [2.45, 2.75) is 35.6 Å². The summed E-state index contributed by atoms with van der Waals surface area (Å²) in [4.78, 5) is 29.1. The van der Waals surface area contributed by atoms with Gasteiger partial charge in [-0.25, -0.2) is 13.4 Å². The Balaban J connectivity index is 1.60. The van der Waals surface area contributed by atoms with Gasteiger partial charge >= 0.3 is 0 Å². The van der Waals surface area contributed by atoms with Gasteiger partial charge in [0.2, 0.25) is 21.8 Å². The molecule has 0 spiro atoms. The van der Waals surface area contributed by atoms with Crippen molar-refractivity contribution >= 4 is 33.6 Å². The number of hydrogen-bond acceptors (Lipinski definition) is 6. The van der Waals surface area contributed by atoms with Crippen LogP contribution in [0.2, 0.25) is 0 Å². The number of hydrogen-bond donors (Lipinski definition) is 0. The number of sulfonamides is 1. The van der Waals surface area contributed by atoms with Crippen LogP contribution in [0.25, 0.3) is 0 Å². The number of nitrogens with zero attached hydrogens (tertiary/aromatic N) is 3. The van der Waals surface area contributed by atoms with Gasteiger partial charge < -0.3 is 0 Å². The van der Waals surface area contributed by atoms with Crippen LogP contribution >= 0.6 is 11.8 Å². The molecule has 1 aromatic rings. The molecule has 24 heavy (non-hydrogen) atoms. The van der Waals surface area contributed by atoms with Crippen molar-refractivity contribution in [3.8, 4) is 0 Å². The van der Waals surface area contributed by atoms with Gasteiger partial charge in [0.15, 0.2) is 0 Å². The van der Waals surface area contributed by atoms with Crippen LogP contribution in [0.15, 0.2) is 28.3 Å².